The van der Waals surface area contributed by atoms with Gasteiger partial charge >= 0.3 is 5.97 Å². The second-order valence-electron chi connectivity index (χ2n) is 6.53. The first-order valence-corrected chi connectivity index (χ1v) is 11.3. The molecule has 0 aliphatic heterocycles. The summed E-state index contributed by atoms with van der Waals surface area (Å²) in [5.41, 5.74) is 0.826. The number of carboxylic acid groups (broad SMARTS) is 1. The Labute approximate surface area is 175 Å². The summed E-state index contributed by atoms with van der Waals surface area (Å²) in [5.74, 6) is -0.797. The van der Waals surface area contributed by atoms with Crippen LogP contribution in [0.2, 0.25) is 10.0 Å². The summed E-state index contributed by atoms with van der Waals surface area (Å²) in [6.45, 7) is 0. The van der Waals surface area contributed by atoms with Crippen LogP contribution in [0.4, 0.5) is 0 Å². The molecule has 2 N–H and O–H groups in total. The van der Waals surface area contributed by atoms with Crippen LogP contribution in [0.3, 0.4) is 0 Å². The van der Waals surface area contributed by atoms with Gasteiger partial charge in [0, 0.05) is 22.5 Å². The summed E-state index contributed by atoms with van der Waals surface area (Å²) < 4.78 is 28.3. The molecule has 8 heteroatoms. The van der Waals surface area contributed by atoms with Gasteiger partial charge in [0.05, 0.1) is 4.90 Å². The Bertz CT molecular complexity index is 868. The lowest BCUT2D eigenvalue weighted by Gasteiger charge is -2.19. The molecule has 0 aromatic heterocycles. The van der Waals surface area contributed by atoms with Gasteiger partial charge in [0.25, 0.3) is 0 Å². The number of rotatable bonds is 11. The van der Waals surface area contributed by atoms with E-state index in [1.165, 1.54) is 24.3 Å². The van der Waals surface area contributed by atoms with Crippen molar-refractivity contribution < 1.29 is 18.3 Å². The summed E-state index contributed by atoms with van der Waals surface area (Å²) >= 11 is 11.8. The van der Waals surface area contributed by atoms with Crippen LogP contribution in [-0.4, -0.2) is 19.5 Å². The smallest absolute Gasteiger partial charge is 0.303 e. The average Bonchev–Trinajstić information content (AvgIpc) is 2.64. The highest BCUT2D eigenvalue weighted by Gasteiger charge is 2.21. The first-order chi connectivity index (χ1) is 13.3. The Morgan fingerprint density at radius 3 is 2.00 bits per heavy atom. The standard InChI is InChI=1S/C20H23Cl2NO4S/c21-16-9-7-15(8-10-16)19(5-3-1-2-4-6-20(24)25)23-28(26,27)18-13-11-17(22)12-14-18/h7-14,19,23H,1-6H2,(H,24,25). The highest BCUT2D eigenvalue weighted by atomic mass is 35.5. The lowest BCUT2D eigenvalue weighted by atomic mass is 10.0. The van der Waals surface area contributed by atoms with Crippen molar-refractivity contribution in [2.24, 2.45) is 0 Å². The quantitative estimate of drug-likeness (QED) is 0.452. The van der Waals surface area contributed by atoms with Crippen molar-refractivity contribution in [1.82, 2.24) is 4.72 Å². The minimum Gasteiger partial charge on any atom is -0.481 e. The van der Waals surface area contributed by atoms with Crippen molar-refractivity contribution in [3.63, 3.8) is 0 Å². The third-order valence-corrected chi connectivity index (χ3v) is 6.32. The topological polar surface area (TPSA) is 83.5 Å². The van der Waals surface area contributed by atoms with E-state index in [1.807, 2.05) is 12.1 Å². The first kappa shape index (κ1) is 22.7. The molecule has 28 heavy (non-hydrogen) atoms. The number of carboxylic acids is 1. The molecule has 2 aromatic carbocycles. The molecule has 1 unspecified atom stereocenters. The van der Waals surface area contributed by atoms with Crippen LogP contribution in [0.25, 0.3) is 0 Å². The molecule has 0 radical (unpaired) electrons. The molecule has 0 aliphatic rings. The van der Waals surface area contributed by atoms with E-state index in [0.29, 0.717) is 22.9 Å². The van der Waals surface area contributed by atoms with Crippen molar-refractivity contribution in [3.8, 4) is 0 Å². The van der Waals surface area contributed by atoms with Gasteiger partial charge in [-0.25, -0.2) is 13.1 Å². The molecular formula is C20H23Cl2NO4S. The summed E-state index contributed by atoms with van der Waals surface area (Å²) in [7, 11) is -3.71. The number of sulfonamides is 1. The van der Waals surface area contributed by atoms with Crippen LogP contribution >= 0.6 is 23.2 Å². The molecular weight excluding hydrogens is 421 g/mol. The predicted molar refractivity (Wildman–Crippen MR) is 111 cm³/mol. The van der Waals surface area contributed by atoms with E-state index in [4.69, 9.17) is 28.3 Å². The number of benzene rings is 2. The molecule has 0 aliphatic carbocycles. The second-order valence-corrected chi connectivity index (χ2v) is 9.11. The van der Waals surface area contributed by atoms with E-state index in [1.54, 1.807) is 12.1 Å². The zero-order valence-electron chi connectivity index (χ0n) is 15.3. The van der Waals surface area contributed by atoms with Crippen molar-refractivity contribution in [1.29, 1.82) is 0 Å². The van der Waals surface area contributed by atoms with E-state index >= 15 is 0 Å². The Morgan fingerprint density at radius 2 is 1.43 bits per heavy atom. The van der Waals surface area contributed by atoms with Gasteiger partial charge in [-0.2, -0.15) is 0 Å². The molecule has 2 aromatic rings. The molecule has 0 amide bonds. The lowest BCUT2D eigenvalue weighted by Crippen LogP contribution is -2.28. The Hall–Kier alpha value is -1.60. The van der Waals surface area contributed by atoms with Crippen LogP contribution in [0.5, 0.6) is 0 Å². The molecule has 152 valence electrons. The van der Waals surface area contributed by atoms with Gasteiger partial charge in [-0.15, -0.1) is 0 Å². The fourth-order valence-corrected chi connectivity index (χ4v) is 4.35. The van der Waals surface area contributed by atoms with Crippen molar-refractivity contribution in [2.45, 2.75) is 49.5 Å². The van der Waals surface area contributed by atoms with Crippen molar-refractivity contribution in [2.75, 3.05) is 0 Å². The van der Waals surface area contributed by atoms with Crippen LogP contribution in [0, 0.1) is 0 Å². The predicted octanol–water partition coefficient (Wildman–Crippen LogP) is 5.44. The molecule has 0 saturated heterocycles. The van der Waals surface area contributed by atoms with Crippen LogP contribution in [0.15, 0.2) is 53.4 Å². The van der Waals surface area contributed by atoms with E-state index in [-0.39, 0.29) is 11.3 Å². The molecule has 5 nitrogen and oxygen atoms in total. The minimum absolute atomic E-state index is 0.150. The van der Waals surface area contributed by atoms with Gasteiger partial charge in [0.2, 0.25) is 10.0 Å². The first-order valence-electron chi connectivity index (χ1n) is 9.03. The van der Waals surface area contributed by atoms with Crippen LogP contribution in [-0.2, 0) is 14.8 Å². The van der Waals surface area contributed by atoms with E-state index in [2.05, 4.69) is 4.72 Å². The SMILES string of the molecule is O=C(O)CCCCCCC(NS(=O)(=O)c1ccc(Cl)cc1)c1ccc(Cl)cc1. The molecule has 0 fully saturated rings. The Kier molecular flexibility index (Phi) is 8.76. The van der Waals surface area contributed by atoms with Gasteiger partial charge in [-0.3, -0.25) is 4.79 Å². The summed E-state index contributed by atoms with van der Waals surface area (Å²) in [6.07, 6.45) is 3.78. The summed E-state index contributed by atoms with van der Waals surface area (Å²) in [5, 5.41) is 9.73. The zero-order chi connectivity index (χ0) is 20.6. The maximum absolute atomic E-state index is 12.8. The van der Waals surface area contributed by atoms with E-state index < -0.39 is 22.0 Å². The number of halogens is 2. The van der Waals surface area contributed by atoms with E-state index in [0.717, 1.165) is 24.8 Å². The number of unbranched alkanes of at least 4 members (excludes halogenated alkanes) is 3. The van der Waals surface area contributed by atoms with Gasteiger partial charge < -0.3 is 5.11 Å². The van der Waals surface area contributed by atoms with Crippen molar-refractivity contribution >= 4 is 39.2 Å². The van der Waals surface area contributed by atoms with Gasteiger partial charge in [-0.05, 0) is 54.8 Å². The molecule has 0 spiro atoms. The van der Waals surface area contributed by atoms with Gasteiger partial charge in [0.15, 0.2) is 0 Å². The molecule has 0 bridgehead atoms. The van der Waals surface area contributed by atoms with Crippen LogP contribution < -0.4 is 4.72 Å². The largest absolute Gasteiger partial charge is 0.481 e. The maximum atomic E-state index is 12.8. The highest BCUT2D eigenvalue weighted by molar-refractivity contribution is 7.89. The van der Waals surface area contributed by atoms with Gasteiger partial charge in [0.1, 0.15) is 0 Å². The number of hydrogen-bond acceptors (Lipinski definition) is 3. The molecule has 2 rings (SSSR count). The van der Waals surface area contributed by atoms with Crippen LogP contribution in [0.1, 0.15) is 50.1 Å². The van der Waals surface area contributed by atoms with Gasteiger partial charge in [-0.1, -0.05) is 54.6 Å². The lowest BCUT2D eigenvalue weighted by molar-refractivity contribution is -0.137. The number of nitrogens with one attached hydrogen (secondary N) is 1. The highest BCUT2D eigenvalue weighted by Crippen LogP contribution is 2.25. The number of carbonyl (C=O) groups is 1. The number of hydrogen-bond donors (Lipinski definition) is 2. The van der Waals surface area contributed by atoms with Crippen molar-refractivity contribution in [3.05, 3.63) is 64.1 Å². The Morgan fingerprint density at radius 1 is 0.893 bits per heavy atom. The van der Waals surface area contributed by atoms with E-state index in [9.17, 15) is 13.2 Å². The summed E-state index contributed by atoms with van der Waals surface area (Å²) in [4.78, 5) is 10.7. The zero-order valence-corrected chi connectivity index (χ0v) is 17.6. The molecule has 1 atom stereocenters. The average molecular weight is 444 g/mol. The molecule has 0 heterocycles. The third-order valence-electron chi connectivity index (χ3n) is 4.33. The maximum Gasteiger partial charge on any atom is 0.303 e. The fourth-order valence-electron chi connectivity index (χ4n) is 2.84. The number of aliphatic carboxylic acids is 1. The Balaban J connectivity index is 2.06. The summed E-state index contributed by atoms with van der Waals surface area (Å²) in [6, 6.07) is 12.7. The molecule has 0 saturated carbocycles. The minimum atomic E-state index is -3.71. The second kappa shape index (κ2) is 10.8. The third kappa shape index (κ3) is 7.43. The normalized spacial score (nSPS) is 12.6. The fraction of sp³-hybridized carbons (Fsp3) is 0.350. The monoisotopic (exact) mass is 443 g/mol.